The molecule has 3 aromatic carbocycles. The lowest BCUT2D eigenvalue weighted by Gasteiger charge is -2.26. The number of carbonyl (C=O) groups is 2. The van der Waals surface area contributed by atoms with Gasteiger partial charge in [-0.05, 0) is 29.8 Å². The molecule has 0 radical (unpaired) electrons. The number of nitrogens with zero attached hydrogens (tertiary/aromatic N) is 1. The van der Waals surface area contributed by atoms with Crippen molar-refractivity contribution in [1.82, 2.24) is 0 Å². The third-order valence-corrected chi connectivity index (χ3v) is 5.62. The molecule has 1 heterocycles. The van der Waals surface area contributed by atoms with E-state index in [0.717, 1.165) is 4.47 Å². The van der Waals surface area contributed by atoms with Crippen LogP contribution < -0.4 is 4.90 Å². The van der Waals surface area contributed by atoms with E-state index in [1.165, 1.54) is 4.90 Å². The number of hydrogen-bond donors (Lipinski definition) is 1. The second-order valence-corrected chi connectivity index (χ2v) is 7.86. The van der Waals surface area contributed by atoms with Gasteiger partial charge < -0.3 is 5.11 Å². The van der Waals surface area contributed by atoms with Crippen LogP contribution in [0.5, 0.6) is 0 Å². The fourth-order valence-electron chi connectivity index (χ4n) is 3.47. The highest BCUT2D eigenvalue weighted by atomic mass is 79.9. The minimum atomic E-state index is -0.849. The van der Waals surface area contributed by atoms with E-state index in [1.807, 2.05) is 12.1 Å². The summed E-state index contributed by atoms with van der Waals surface area (Å²) in [5.41, 5.74) is 1.55. The fourth-order valence-corrected chi connectivity index (χ4v) is 4.09. The Morgan fingerprint density at radius 1 is 0.931 bits per heavy atom. The summed E-state index contributed by atoms with van der Waals surface area (Å²) in [7, 11) is 0. The maximum Gasteiger partial charge on any atom is 0.300 e. The molecule has 1 aliphatic heterocycles. The lowest BCUT2D eigenvalue weighted by atomic mass is 9.95. The van der Waals surface area contributed by atoms with E-state index in [0.29, 0.717) is 21.8 Å². The van der Waals surface area contributed by atoms with Crippen LogP contribution in [0.1, 0.15) is 17.2 Å². The number of ketones is 1. The highest BCUT2D eigenvalue weighted by Gasteiger charge is 2.47. The van der Waals surface area contributed by atoms with Gasteiger partial charge in [-0.2, -0.15) is 0 Å². The Morgan fingerprint density at radius 3 is 2.31 bits per heavy atom. The molecule has 144 valence electrons. The first-order chi connectivity index (χ1) is 14.0. The van der Waals surface area contributed by atoms with Crippen molar-refractivity contribution in [3.8, 4) is 0 Å². The summed E-state index contributed by atoms with van der Waals surface area (Å²) in [4.78, 5) is 27.4. The van der Waals surface area contributed by atoms with E-state index in [-0.39, 0.29) is 11.3 Å². The number of aliphatic hydroxyl groups is 1. The zero-order valence-corrected chi connectivity index (χ0v) is 17.4. The Labute approximate surface area is 181 Å². The summed E-state index contributed by atoms with van der Waals surface area (Å²) in [5.74, 6) is -1.70. The van der Waals surface area contributed by atoms with Crippen molar-refractivity contribution < 1.29 is 14.7 Å². The maximum absolute atomic E-state index is 13.0. The zero-order chi connectivity index (χ0) is 20.5. The molecule has 4 nitrogen and oxygen atoms in total. The predicted molar refractivity (Wildman–Crippen MR) is 117 cm³/mol. The van der Waals surface area contributed by atoms with Crippen LogP contribution in [0.3, 0.4) is 0 Å². The van der Waals surface area contributed by atoms with Gasteiger partial charge in [0, 0.05) is 20.7 Å². The van der Waals surface area contributed by atoms with Crippen LogP contribution in [-0.2, 0) is 9.59 Å². The van der Waals surface area contributed by atoms with Crippen molar-refractivity contribution in [3.05, 3.63) is 105 Å². The van der Waals surface area contributed by atoms with Crippen molar-refractivity contribution >= 4 is 50.7 Å². The van der Waals surface area contributed by atoms with Crippen molar-refractivity contribution in [2.24, 2.45) is 0 Å². The van der Waals surface area contributed by atoms with Crippen molar-refractivity contribution in [3.63, 3.8) is 0 Å². The molecule has 0 spiro atoms. The summed E-state index contributed by atoms with van der Waals surface area (Å²) in [5, 5.41) is 11.4. The number of hydrogen-bond acceptors (Lipinski definition) is 3. The minimum Gasteiger partial charge on any atom is -0.507 e. The Kier molecular flexibility index (Phi) is 5.26. The molecule has 1 atom stereocenters. The molecule has 1 saturated heterocycles. The Bertz CT molecular complexity index is 1140. The van der Waals surface area contributed by atoms with Gasteiger partial charge in [-0.25, -0.2) is 0 Å². The van der Waals surface area contributed by atoms with Crippen LogP contribution >= 0.6 is 27.5 Å². The van der Waals surface area contributed by atoms with E-state index in [9.17, 15) is 14.7 Å². The predicted octanol–water partition coefficient (Wildman–Crippen LogP) is 5.73. The standard InChI is InChI=1S/C23H15BrClNO3/c24-15-9-6-10-16(13-15)26-20(17-11-4-5-12-18(17)25)19(22(28)23(26)29)21(27)14-7-2-1-3-8-14/h1-13,20,27H/t20-/m1/s1. The molecule has 6 heteroatoms. The lowest BCUT2D eigenvalue weighted by Crippen LogP contribution is -2.29. The average Bonchev–Trinajstić information content (AvgIpc) is 2.99. The van der Waals surface area contributed by atoms with E-state index >= 15 is 0 Å². The summed E-state index contributed by atoms with van der Waals surface area (Å²) >= 11 is 9.84. The Hall–Kier alpha value is -2.89. The van der Waals surface area contributed by atoms with E-state index in [1.54, 1.807) is 66.7 Å². The van der Waals surface area contributed by atoms with Gasteiger partial charge in [0.15, 0.2) is 0 Å². The molecule has 0 bridgehead atoms. The van der Waals surface area contributed by atoms with Gasteiger partial charge in [-0.1, -0.05) is 82.1 Å². The number of aliphatic hydroxyl groups excluding tert-OH is 1. The summed E-state index contributed by atoms with van der Waals surface area (Å²) in [6.45, 7) is 0. The van der Waals surface area contributed by atoms with E-state index < -0.39 is 17.7 Å². The topological polar surface area (TPSA) is 57.6 Å². The van der Waals surface area contributed by atoms with Crippen LogP contribution in [0.2, 0.25) is 5.02 Å². The molecule has 1 fully saturated rings. The number of Topliss-reactive ketones (excluding diaryl/α,β-unsaturated/α-hetero) is 1. The van der Waals surface area contributed by atoms with Crippen LogP contribution in [0.4, 0.5) is 5.69 Å². The number of rotatable bonds is 3. The third kappa shape index (κ3) is 3.48. The lowest BCUT2D eigenvalue weighted by molar-refractivity contribution is -0.132. The average molecular weight is 469 g/mol. The van der Waals surface area contributed by atoms with E-state index in [2.05, 4.69) is 15.9 Å². The molecule has 29 heavy (non-hydrogen) atoms. The van der Waals surface area contributed by atoms with Gasteiger partial charge in [-0.15, -0.1) is 0 Å². The minimum absolute atomic E-state index is 0.00859. The van der Waals surface area contributed by atoms with Gasteiger partial charge in [0.25, 0.3) is 11.7 Å². The number of amides is 1. The monoisotopic (exact) mass is 467 g/mol. The number of benzene rings is 3. The van der Waals surface area contributed by atoms with Crippen molar-refractivity contribution in [1.29, 1.82) is 0 Å². The maximum atomic E-state index is 13.0. The molecule has 0 unspecified atom stereocenters. The van der Waals surface area contributed by atoms with Gasteiger partial charge in [0.2, 0.25) is 0 Å². The second kappa shape index (κ2) is 7.85. The smallest absolute Gasteiger partial charge is 0.300 e. The number of carbonyl (C=O) groups excluding carboxylic acids is 2. The van der Waals surface area contributed by atoms with Gasteiger partial charge in [0.05, 0.1) is 11.6 Å². The molecule has 1 aliphatic rings. The third-order valence-electron chi connectivity index (χ3n) is 4.78. The van der Waals surface area contributed by atoms with Crippen molar-refractivity contribution in [2.45, 2.75) is 6.04 Å². The van der Waals surface area contributed by atoms with Crippen molar-refractivity contribution in [2.75, 3.05) is 4.90 Å². The molecule has 3 aromatic rings. The summed E-state index contributed by atoms with van der Waals surface area (Å²) in [6, 6.07) is 21.9. The largest absolute Gasteiger partial charge is 0.507 e. The van der Waals surface area contributed by atoms with Crippen LogP contribution in [0.25, 0.3) is 5.76 Å². The highest BCUT2D eigenvalue weighted by molar-refractivity contribution is 9.10. The van der Waals surface area contributed by atoms with Crippen LogP contribution in [-0.4, -0.2) is 16.8 Å². The normalized spacial score (nSPS) is 18.3. The molecule has 1 N–H and O–H groups in total. The molecule has 4 rings (SSSR count). The molecule has 0 aliphatic carbocycles. The first kappa shape index (κ1) is 19.4. The molecule has 1 amide bonds. The van der Waals surface area contributed by atoms with Crippen LogP contribution in [0, 0.1) is 0 Å². The molecular weight excluding hydrogens is 454 g/mol. The van der Waals surface area contributed by atoms with Gasteiger partial charge in [0.1, 0.15) is 5.76 Å². The fraction of sp³-hybridized carbons (Fsp3) is 0.0435. The van der Waals surface area contributed by atoms with Gasteiger partial charge in [-0.3, -0.25) is 14.5 Å². The Balaban J connectivity index is 1.99. The van der Waals surface area contributed by atoms with Crippen LogP contribution in [0.15, 0.2) is 88.9 Å². The summed E-state index contributed by atoms with van der Waals surface area (Å²) in [6.07, 6.45) is 0. The molecular formula is C23H15BrClNO3. The Morgan fingerprint density at radius 2 is 1.62 bits per heavy atom. The SMILES string of the molecule is O=C1C(=O)N(c2cccc(Br)c2)[C@H](c2ccccc2Cl)C1=C(O)c1ccccc1. The molecule has 0 saturated carbocycles. The highest BCUT2D eigenvalue weighted by Crippen LogP contribution is 2.44. The summed E-state index contributed by atoms with van der Waals surface area (Å²) < 4.78 is 0.762. The van der Waals surface area contributed by atoms with E-state index in [4.69, 9.17) is 11.6 Å². The molecule has 0 aromatic heterocycles. The number of halogens is 2. The second-order valence-electron chi connectivity index (χ2n) is 6.54. The first-order valence-corrected chi connectivity index (χ1v) is 10.0. The number of anilines is 1. The quantitative estimate of drug-likeness (QED) is 0.303. The van der Waals surface area contributed by atoms with Gasteiger partial charge >= 0.3 is 0 Å². The zero-order valence-electron chi connectivity index (χ0n) is 15.0. The first-order valence-electron chi connectivity index (χ1n) is 8.85.